The van der Waals surface area contributed by atoms with E-state index in [1.165, 1.54) is 6.92 Å². The van der Waals surface area contributed by atoms with Crippen molar-refractivity contribution in [1.29, 1.82) is 0 Å². The number of carboxylic acid groups (broad SMARTS) is 2. The fourth-order valence-electron chi connectivity index (χ4n) is 2.22. The number of hydrogen-bond donors (Lipinski definition) is 2. The number of unbranched alkanes of at least 4 members (excludes halogenated alkanes) is 2. The minimum Gasteiger partial charge on any atom is -0.478 e. The Morgan fingerprint density at radius 2 is 1.70 bits per heavy atom. The van der Waals surface area contributed by atoms with Gasteiger partial charge in [-0.1, -0.05) is 6.42 Å². The first-order valence-corrected chi connectivity index (χ1v) is 6.99. The lowest BCUT2D eigenvalue weighted by Crippen LogP contribution is -2.36. The number of aliphatic carboxylic acids is 2. The molecule has 1 saturated heterocycles. The minimum absolute atomic E-state index is 0.0175. The second-order valence-electron chi connectivity index (χ2n) is 4.98. The average molecular weight is 285 g/mol. The predicted molar refractivity (Wildman–Crippen MR) is 73.7 cm³/mol. The smallest absolute Gasteiger partial charge is 0.332 e. The summed E-state index contributed by atoms with van der Waals surface area (Å²) in [5.41, 5.74) is -0.0467. The molecular weight excluding hydrogens is 262 g/mol. The summed E-state index contributed by atoms with van der Waals surface area (Å²) in [6.07, 6.45) is 2.92. The van der Waals surface area contributed by atoms with E-state index in [1.54, 1.807) is 0 Å². The second-order valence-corrected chi connectivity index (χ2v) is 4.98. The van der Waals surface area contributed by atoms with Crippen LogP contribution in [-0.2, 0) is 14.3 Å². The van der Waals surface area contributed by atoms with Crippen molar-refractivity contribution in [3.8, 4) is 0 Å². The molecule has 114 valence electrons. The molecule has 20 heavy (non-hydrogen) atoms. The van der Waals surface area contributed by atoms with E-state index in [1.807, 2.05) is 0 Å². The van der Waals surface area contributed by atoms with Crippen LogP contribution in [0.2, 0.25) is 0 Å². The monoisotopic (exact) mass is 285 g/mol. The summed E-state index contributed by atoms with van der Waals surface area (Å²) < 4.78 is 5.27. The highest BCUT2D eigenvalue weighted by atomic mass is 16.5. The van der Waals surface area contributed by atoms with Gasteiger partial charge in [0.1, 0.15) is 0 Å². The third kappa shape index (κ3) is 5.71. The normalized spacial score (nSPS) is 17.6. The van der Waals surface area contributed by atoms with Crippen molar-refractivity contribution < 1.29 is 24.5 Å². The van der Waals surface area contributed by atoms with Gasteiger partial charge in [-0.2, -0.15) is 0 Å². The zero-order valence-corrected chi connectivity index (χ0v) is 11.9. The summed E-state index contributed by atoms with van der Waals surface area (Å²) in [4.78, 5) is 24.1. The van der Waals surface area contributed by atoms with E-state index in [2.05, 4.69) is 4.90 Å². The highest BCUT2D eigenvalue weighted by Gasteiger charge is 2.16. The Morgan fingerprint density at radius 1 is 1.05 bits per heavy atom. The molecule has 1 aliphatic rings. The number of carbonyl (C=O) groups is 2. The average Bonchev–Trinajstić information content (AvgIpc) is 2.42. The number of nitrogens with zero attached hydrogens (tertiary/aromatic N) is 1. The fourth-order valence-corrected chi connectivity index (χ4v) is 2.22. The highest BCUT2D eigenvalue weighted by molar-refractivity contribution is 5.98. The van der Waals surface area contributed by atoms with Crippen LogP contribution in [0.15, 0.2) is 11.1 Å². The first-order chi connectivity index (χ1) is 9.52. The lowest BCUT2D eigenvalue weighted by atomic mass is 10.0. The molecule has 0 atom stereocenters. The Labute approximate surface area is 119 Å². The van der Waals surface area contributed by atoms with Crippen LogP contribution in [0.4, 0.5) is 0 Å². The van der Waals surface area contributed by atoms with Gasteiger partial charge in [0.2, 0.25) is 0 Å². The highest BCUT2D eigenvalue weighted by Crippen LogP contribution is 2.14. The largest absolute Gasteiger partial charge is 0.478 e. The molecule has 0 spiro atoms. The fraction of sp³-hybridized carbons (Fsp3) is 0.714. The summed E-state index contributed by atoms with van der Waals surface area (Å²) in [7, 11) is 0. The second kappa shape index (κ2) is 8.71. The van der Waals surface area contributed by atoms with Gasteiger partial charge < -0.3 is 14.9 Å². The van der Waals surface area contributed by atoms with E-state index in [0.29, 0.717) is 12.8 Å². The van der Waals surface area contributed by atoms with Gasteiger partial charge in [-0.25, -0.2) is 9.59 Å². The molecule has 1 rings (SSSR count). The molecule has 0 radical (unpaired) electrons. The summed E-state index contributed by atoms with van der Waals surface area (Å²) >= 11 is 0. The van der Waals surface area contributed by atoms with Crippen LogP contribution in [-0.4, -0.2) is 59.9 Å². The van der Waals surface area contributed by atoms with E-state index >= 15 is 0 Å². The van der Waals surface area contributed by atoms with E-state index in [4.69, 9.17) is 14.9 Å². The van der Waals surface area contributed by atoms with E-state index < -0.39 is 11.9 Å². The third-order valence-corrected chi connectivity index (χ3v) is 3.54. The van der Waals surface area contributed by atoms with Crippen LogP contribution in [0.3, 0.4) is 0 Å². The van der Waals surface area contributed by atoms with Gasteiger partial charge >= 0.3 is 11.9 Å². The molecule has 0 unspecified atom stereocenters. The van der Waals surface area contributed by atoms with Crippen molar-refractivity contribution in [2.24, 2.45) is 0 Å². The zero-order valence-electron chi connectivity index (χ0n) is 11.9. The molecule has 1 heterocycles. The summed E-state index contributed by atoms with van der Waals surface area (Å²) in [6, 6.07) is 0. The van der Waals surface area contributed by atoms with Crippen LogP contribution >= 0.6 is 0 Å². The minimum atomic E-state index is -1.16. The first-order valence-electron chi connectivity index (χ1n) is 6.99. The molecule has 0 aromatic carbocycles. The van der Waals surface area contributed by atoms with Crippen molar-refractivity contribution in [3.63, 3.8) is 0 Å². The molecule has 2 N–H and O–H groups in total. The number of rotatable bonds is 8. The Hall–Kier alpha value is -1.40. The molecular formula is C14H23NO5. The van der Waals surface area contributed by atoms with Gasteiger partial charge in [0, 0.05) is 24.2 Å². The van der Waals surface area contributed by atoms with Crippen LogP contribution < -0.4 is 0 Å². The van der Waals surface area contributed by atoms with Crippen LogP contribution in [0, 0.1) is 0 Å². The Morgan fingerprint density at radius 3 is 2.25 bits per heavy atom. The Kier molecular flexibility index (Phi) is 7.25. The molecule has 0 aromatic rings. The maximum Gasteiger partial charge on any atom is 0.332 e. The van der Waals surface area contributed by atoms with Gasteiger partial charge in [0.05, 0.1) is 13.2 Å². The van der Waals surface area contributed by atoms with Crippen LogP contribution in [0.25, 0.3) is 0 Å². The Balaban J connectivity index is 2.26. The number of hydrogen-bond acceptors (Lipinski definition) is 4. The van der Waals surface area contributed by atoms with Gasteiger partial charge in [-0.05, 0) is 32.7 Å². The van der Waals surface area contributed by atoms with Crippen LogP contribution in [0.5, 0.6) is 0 Å². The lowest BCUT2D eigenvalue weighted by molar-refractivity contribution is -0.136. The maximum absolute atomic E-state index is 11.0. The quantitative estimate of drug-likeness (QED) is 0.517. The molecule has 0 aliphatic carbocycles. The van der Waals surface area contributed by atoms with Gasteiger partial charge in [0.25, 0.3) is 0 Å². The van der Waals surface area contributed by atoms with E-state index in [0.717, 1.165) is 45.7 Å². The molecule has 0 amide bonds. The summed E-state index contributed by atoms with van der Waals surface area (Å²) in [5.74, 6) is -2.28. The molecule has 6 heteroatoms. The lowest BCUT2D eigenvalue weighted by Gasteiger charge is -2.26. The van der Waals surface area contributed by atoms with Crippen molar-refractivity contribution in [2.45, 2.75) is 32.6 Å². The predicted octanol–water partition coefficient (Wildman–Crippen LogP) is 1.36. The number of ether oxygens (including phenoxy) is 1. The molecule has 1 fully saturated rings. The third-order valence-electron chi connectivity index (χ3n) is 3.54. The molecule has 1 aliphatic heterocycles. The number of carboxylic acids is 2. The summed E-state index contributed by atoms with van der Waals surface area (Å²) in [5, 5.41) is 17.8. The van der Waals surface area contributed by atoms with Crippen LogP contribution in [0.1, 0.15) is 32.6 Å². The molecule has 0 saturated carbocycles. The Bertz CT molecular complexity index is 372. The van der Waals surface area contributed by atoms with E-state index in [-0.39, 0.29) is 11.1 Å². The molecule has 0 aromatic heterocycles. The first kappa shape index (κ1) is 16.7. The van der Waals surface area contributed by atoms with Gasteiger partial charge in [-0.3, -0.25) is 4.90 Å². The zero-order chi connectivity index (χ0) is 15.0. The molecule has 0 bridgehead atoms. The maximum atomic E-state index is 11.0. The SMILES string of the molecule is C/C(C(=O)O)=C(/CCCCCN1CCOCC1)C(=O)O. The van der Waals surface area contributed by atoms with Crippen molar-refractivity contribution in [1.82, 2.24) is 4.90 Å². The van der Waals surface area contributed by atoms with Gasteiger partial charge in [0.15, 0.2) is 0 Å². The summed E-state index contributed by atoms with van der Waals surface area (Å²) in [6.45, 7) is 5.82. The van der Waals surface area contributed by atoms with E-state index in [9.17, 15) is 9.59 Å². The topological polar surface area (TPSA) is 87.1 Å². The van der Waals surface area contributed by atoms with Crippen molar-refractivity contribution in [3.05, 3.63) is 11.1 Å². The van der Waals surface area contributed by atoms with Gasteiger partial charge in [-0.15, -0.1) is 0 Å². The number of morpholine rings is 1. The standard InChI is InChI=1S/C14H23NO5/c1-11(13(16)17)12(14(18)19)5-3-2-4-6-15-7-9-20-10-8-15/h2-10H2,1H3,(H,16,17)(H,18,19)/b12-11+. The van der Waals surface area contributed by atoms with Crippen molar-refractivity contribution in [2.75, 3.05) is 32.8 Å². The van der Waals surface area contributed by atoms with Crippen molar-refractivity contribution >= 4 is 11.9 Å². The molecule has 6 nitrogen and oxygen atoms in total.